The predicted molar refractivity (Wildman–Crippen MR) is 268 cm³/mol. The summed E-state index contributed by atoms with van der Waals surface area (Å²) in [6, 6.07) is 40.6. The highest BCUT2D eigenvalue weighted by atomic mass is 35.5. The van der Waals surface area contributed by atoms with Crippen molar-refractivity contribution >= 4 is 52.4 Å². The van der Waals surface area contributed by atoms with E-state index in [-0.39, 0.29) is 14.7 Å². The van der Waals surface area contributed by atoms with Crippen molar-refractivity contribution in [3.05, 3.63) is 192 Å². The molecule has 0 bridgehead atoms. The van der Waals surface area contributed by atoms with E-state index in [2.05, 4.69) is 15.1 Å². The van der Waals surface area contributed by atoms with E-state index in [0.29, 0.717) is 33.1 Å². The van der Waals surface area contributed by atoms with Gasteiger partial charge in [0.25, 0.3) is 0 Å². The second-order valence-corrected chi connectivity index (χ2v) is 22.6. The van der Waals surface area contributed by atoms with Gasteiger partial charge in [-0.3, -0.25) is 9.97 Å². The van der Waals surface area contributed by atoms with Gasteiger partial charge >= 0.3 is 0 Å². The zero-order chi connectivity index (χ0) is 50.6. The van der Waals surface area contributed by atoms with Crippen molar-refractivity contribution in [2.75, 3.05) is 12.5 Å². The van der Waals surface area contributed by atoms with E-state index in [1.165, 1.54) is 42.7 Å². The number of aromatic nitrogens is 3. The van der Waals surface area contributed by atoms with E-state index >= 15 is 0 Å². The normalized spacial score (nSPS) is 14.6. The molecule has 4 heterocycles. The lowest BCUT2D eigenvalue weighted by molar-refractivity contribution is -0.101. The number of primary sulfonamides is 1. The van der Waals surface area contributed by atoms with Gasteiger partial charge in [0.15, 0.2) is 26.0 Å². The van der Waals surface area contributed by atoms with Crippen molar-refractivity contribution < 1.29 is 44.0 Å². The van der Waals surface area contributed by atoms with Crippen LogP contribution in [0, 0.1) is 12.7 Å². The van der Waals surface area contributed by atoms with Crippen molar-refractivity contribution in [3.8, 4) is 44.8 Å². The third kappa shape index (κ3) is 12.0. The molecule has 1 unspecified atom stereocenters. The molecule has 0 fully saturated rings. The summed E-state index contributed by atoms with van der Waals surface area (Å²) in [4.78, 5) is 9.08. The highest BCUT2D eigenvalue weighted by Crippen LogP contribution is 2.46. The summed E-state index contributed by atoms with van der Waals surface area (Å²) in [6.45, 7) is 5.44. The SMILES string of the molecule is CC1(C)OC(O)C(c2cccc(F)c2)=C1c1ccc(S(C)(=O)=O)cc1.CS(=O)(=O)c1ccc(-c2cc(Cl)cnc2-c2cccnc2)cc1.Cc1onc(-c2ccccc2)c1-c1ccc(S(N)(=O)=O)cc1. The fraction of sp³-hybridized carbons (Fsp3) is 0.135. The van der Waals surface area contributed by atoms with Crippen LogP contribution in [0.25, 0.3) is 55.9 Å². The number of benzene rings is 5. The average Bonchev–Trinajstić information content (AvgIpc) is 3.83. The molecule has 360 valence electrons. The van der Waals surface area contributed by atoms with Crippen molar-refractivity contribution in [2.45, 2.75) is 47.3 Å². The summed E-state index contributed by atoms with van der Waals surface area (Å²) >= 11 is 6.08. The van der Waals surface area contributed by atoms with Crippen LogP contribution in [0.4, 0.5) is 4.39 Å². The quantitative estimate of drug-likeness (QED) is 0.138. The maximum absolute atomic E-state index is 13.6. The summed E-state index contributed by atoms with van der Waals surface area (Å²) < 4.78 is 93.7. The van der Waals surface area contributed by atoms with Crippen LogP contribution in [0.2, 0.25) is 5.02 Å². The minimum absolute atomic E-state index is 0.0756. The van der Waals surface area contributed by atoms with E-state index in [9.17, 15) is 34.8 Å². The van der Waals surface area contributed by atoms with Crippen molar-refractivity contribution in [1.82, 2.24) is 15.1 Å². The number of nitrogens with zero attached hydrogens (tertiary/aromatic N) is 3. The Morgan fingerprint density at radius 3 is 1.76 bits per heavy atom. The molecule has 1 atom stereocenters. The summed E-state index contributed by atoms with van der Waals surface area (Å²) in [5.74, 6) is 0.260. The topological polar surface area (TPSA) is 210 Å². The minimum atomic E-state index is -3.70. The summed E-state index contributed by atoms with van der Waals surface area (Å²) in [5, 5.41) is 20.1. The van der Waals surface area contributed by atoms with Gasteiger partial charge in [0, 0.05) is 53.4 Å². The Morgan fingerprint density at radius 1 is 0.643 bits per heavy atom. The first-order valence-corrected chi connectivity index (χ1v) is 26.9. The van der Waals surface area contributed by atoms with Crippen LogP contribution >= 0.6 is 11.6 Å². The molecule has 1 aliphatic heterocycles. The number of aliphatic hydroxyl groups is 1. The smallest absolute Gasteiger partial charge is 0.238 e. The van der Waals surface area contributed by atoms with Crippen LogP contribution in [0.5, 0.6) is 0 Å². The molecular formula is C52H46ClFN4O9S3. The number of sulfone groups is 2. The highest BCUT2D eigenvalue weighted by Gasteiger charge is 2.41. The van der Waals surface area contributed by atoms with Crippen molar-refractivity contribution in [2.24, 2.45) is 5.14 Å². The summed E-state index contributed by atoms with van der Waals surface area (Å²) in [6.07, 6.45) is 6.14. The van der Waals surface area contributed by atoms with Crippen molar-refractivity contribution in [1.29, 1.82) is 0 Å². The molecule has 3 N–H and O–H groups in total. The van der Waals surface area contributed by atoms with E-state index in [1.807, 2.05) is 69.3 Å². The van der Waals surface area contributed by atoms with Crippen LogP contribution in [-0.4, -0.2) is 69.9 Å². The lowest BCUT2D eigenvalue weighted by Gasteiger charge is -2.22. The molecule has 3 aromatic heterocycles. The predicted octanol–water partition coefficient (Wildman–Crippen LogP) is 10.1. The van der Waals surface area contributed by atoms with E-state index in [1.54, 1.807) is 79.3 Å². The molecule has 5 aromatic carbocycles. The van der Waals surface area contributed by atoms with Crippen molar-refractivity contribution in [3.63, 3.8) is 0 Å². The van der Waals surface area contributed by atoms with Gasteiger partial charge in [-0.15, -0.1) is 0 Å². The lowest BCUT2D eigenvalue weighted by atomic mass is 9.87. The van der Waals surface area contributed by atoms with Gasteiger partial charge < -0.3 is 14.4 Å². The molecule has 8 aromatic rings. The van der Waals surface area contributed by atoms with Crippen LogP contribution in [0.1, 0.15) is 30.7 Å². The second kappa shape index (κ2) is 20.7. The van der Waals surface area contributed by atoms with Gasteiger partial charge in [-0.05, 0) is 115 Å². The molecule has 18 heteroatoms. The summed E-state index contributed by atoms with van der Waals surface area (Å²) in [5.41, 5.74) is 8.21. The standard InChI is InChI=1S/C19H19FO4S.C17H13ClN2O2S.C16H14N2O3S/c1-19(2)17(12-7-9-15(10-8-12)25(3,22)23)16(18(21)24-19)13-5-4-6-14(20)11-13;1-23(21,22)15-6-4-12(5-7-15)16-9-14(18)11-20-17(16)13-3-2-8-19-10-13;1-11-15(12-7-9-14(10-8-12)22(17,19)20)16(18-21-11)13-5-3-2-4-6-13/h4-11,18,21H,1-3H3;2-11H,1H3;2-10H,1H3,(H2,17,19,20). The van der Waals surface area contributed by atoms with Crippen LogP contribution in [0.15, 0.2) is 183 Å². The van der Waals surface area contributed by atoms with E-state index < -0.39 is 47.4 Å². The van der Waals surface area contributed by atoms with Gasteiger partial charge in [-0.25, -0.2) is 34.8 Å². The molecule has 9 rings (SSSR count). The number of aryl methyl sites for hydroxylation is 1. The Morgan fingerprint density at radius 2 is 1.20 bits per heavy atom. The molecule has 0 saturated carbocycles. The second-order valence-electron chi connectivity index (χ2n) is 16.6. The molecule has 70 heavy (non-hydrogen) atoms. The number of rotatable bonds is 9. The van der Waals surface area contributed by atoms with E-state index in [0.717, 1.165) is 51.0 Å². The molecule has 0 spiro atoms. The maximum atomic E-state index is 13.6. The third-order valence-corrected chi connectivity index (χ3v) is 14.4. The number of ether oxygens (including phenoxy) is 1. The number of pyridine rings is 2. The van der Waals surface area contributed by atoms with Gasteiger partial charge in [0.05, 0.1) is 36.6 Å². The van der Waals surface area contributed by atoms with Crippen LogP contribution < -0.4 is 5.14 Å². The zero-order valence-electron chi connectivity index (χ0n) is 38.3. The first kappa shape index (κ1) is 51.2. The molecule has 0 saturated heterocycles. The molecule has 0 radical (unpaired) electrons. The molecule has 1 aliphatic rings. The lowest BCUT2D eigenvalue weighted by Crippen LogP contribution is -2.24. The fourth-order valence-electron chi connectivity index (χ4n) is 7.75. The molecule has 13 nitrogen and oxygen atoms in total. The molecular weight excluding hydrogens is 975 g/mol. The fourth-order valence-corrected chi connectivity index (χ4v) is 9.68. The summed E-state index contributed by atoms with van der Waals surface area (Å²) in [7, 11) is -10.2. The Bertz CT molecular complexity index is 3540. The Hall–Kier alpha value is -6.70. The molecule has 0 amide bonds. The van der Waals surface area contributed by atoms with E-state index in [4.69, 9.17) is 26.0 Å². The largest absolute Gasteiger partial charge is 0.364 e. The van der Waals surface area contributed by atoms with Gasteiger partial charge in [-0.1, -0.05) is 95.6 Å². The number of aliphatic hydroxyl groups excluding tert-OH is 1. The monoisotopic (exact) mass is 1020 g/mol. The Kier molecular flexibility index (Phi) is 15.1. The highest BCUT2D eigenvalue weighted by molar-refractivity contribution is 7.91. The number of halogens is 2. The van der Waals surface area contributed by atoms with Gasteiger partial charge in [0.2, 0.25) is 10.0 Å². The Balaban J connectivity index is 0.000000155. The number of hydrogen-bond acceptors (Lipinski definition) is 12. The first-order valence-electron chi connectivity index (χ1n) is 21.2. The number of nitrogens with two attached hydrogens (primary N) is 1. The number of hydrogen-bond donors (Lipinski definition) is 2. The van der Waals surface area contributed by atoms with Crippen LogP contribution in [0.3, 0.4) is 0 Å². The zero-order valence-corrected chi connectivity index (χ0v) is 41.5. The number of sulfonamides is 1. The Labute approximate surface area is 411 Å². The average molecular weight is 1020 g/mol. The van der Waals surface area contributed by atoms with Gasteiger partial charge in [-0.2, -0.15) is 0 Å². The maximum Gasteiger partial charge on any atom is 0.238 e. The molecule has 0 aliphatic carbocycles. The third-order valence-electron chi connectivity index (χ3n) is 11.0. The van der Waals surface area contributed by atoms with Crippen LogP contribution in [-0.2, 0) is 34.4 Å². The minimum Gasteiger partial charge on any atom is -0.364 e. The van der Waals surface area contributed by atoms with Gasteiger partial charge in [0.1, 0.15) is 17.3 Å². The first-order chi connectivity index (χ1) is 33.0.